The number of hydrogen-bond acceptors (Lipinski definition) is 5. The van der Waals surface area contributed by atoms with Crippen molar-refractivity contribution < 1.29 is 40.4 Å². The number of alkyl halides is 5. The Hall–Kier alpha value is -1.83. The minimum Gasteiger partial charge on any atom is -0.289 e. The van der Waals surface area contributed by atoms with E-state index in [2.05, 4.69) is 4.98 Å². The van der Waals surface area contributed by atoms with Crippen molar-refractivity contribution in [2.45, 2.75) is 61.3 Å². The van der Waals surface area contributed by atoms with Crippen molar-refractivity contribution >= 4 is 28.3 Å². The van der Waals surface area contributed by atoms with E-state index in [1.54, 1.807) is 18.2 Å². The van der Waals surface area contributed by atoms with Gasteiger partial charge in [0.05, 0.1) is 0 Å². The highest BCUT2D eigenvalue weighted by Crippen LogP contribution is 2.39. The van der Waals surface area contributed by atoms with E-state index in [4.69, 9.17) is 5.21 Å². The second-order valence-corrected chi connectivity index (χ2v) is 10.5. The summed E-state index contributed by atoms with van der Waals surface area (Å²) in [6.07, 6.45) is -2.34. The Bertz CT molecular complexity index is 986. The van der Waals surface area contributed by atoms with Crippen LogP contribution >= 0.6 is 12.4 Å². The summed E-state index contributed by atoms with van der Waals surface area (Å²) in [5, 5.41) is 9.04. The van der Waals surface area contributed by atoms with E-state index < -0.39 is 45.6 Å². The van der Waals surface area contributed by atoms with Crippen LogP contribution in [-0.2, 0) is 21.2 Å². The van der Waals surface area contributed by atoms with Crippen molar-refractivity contribution in [3.05, 3.63) is 41.7 Å². The van der Waals surface area contributed by atoms with Crippen LogP contribution in [0.4, 0.5) is 22.0 Å². The maximum atomic E-state index is 13.2. The van der Waals surface area contributed by atoms with Crippen molar-refractivity contribution in [1.29, 1.82) is 0 Å². The topological polar surface area (TPSA) is 99.6 Å². The second kappa shape index (κ2) is 10.4. The first-order valence-electron chi connectivity index (χ1n) is 10.3. The maximum absolute atomic E-state index is 13.2. The zero-order valence-corrected chi connectivity index (χ0v) is 19.5. The summed E-state index contributed by atoms with van der Waals surface area (Å²) in [6.45, 7) is 0.239. The fourth-order valence-electron chi connectivity index (χ4n) is 4.15. The molecule has 2 heterocycles. The van der Waals surface area contributed by atoms with Gasteiger partial charge in [0.25, 0.3) is 5.91 Å². The first kappa shape index (κ1) is 28.4. The van der Waals surface area contributed by atoms with Gasteiger partial charge in [-0.15, -0.1) is 12.4 Å². The number of nitrogens with one attached hydrogen (secondary N) is 1. The molecule has 1 aliphatic carbocycles. The lowest BCUT2D eigenvalue weighted by Gasteiger charge is -2.37. The van der Waals surface area contributed by atoms with Gasteiger partial charge >= 0.3 is 12.1 Å². The van der Waals surface area contributed by atoms with Crippen molar-refractivity contribution in [2.75, 3.05) is 13.1 Å². The highest BCUT2D eigenvalue weighted by Gasteiger charge is 2.56. The Morgan fingerprint density at radius 3 is 2.21 bits per heavy atom. The summed E-state index contributed by atoms with van der Waals surface area (Å²) in [7, 11) is -4.07. The minimum absolute atomic E-state index is 0. The van der Waals surface area contributed by atoms with E-state index in [1.165, 1.54) is 22.0 Å². The molecule has 1 amide bonds. The van der Waals surface area contributed by atoms with Crippen LogP contribution in [0.3, 0.4) is 0 Å². The van der Waals surface area contributed by atoms with E-state index in [0.29, 0.717) is 18.5 Å². The van der Waals surface area contributed by atoms with Crippen LogP contribution in [0.25, 0.3) is 0 Å². The molecule has 2 N–H and O–H groups in total. The molecular weight excluding hydrogens is 509 g/mol. The lowest BCUT2D eigenvalue weighted by Crippen LogP contribution is -2.56. The largest absolute Gasteiger partial charge is 0.453 e. The van der Waals surface area contributed by atoms with Gasteiger partial charge in [-0.1, -0.05) is 18.2 Å². The smallest absolute Gasteiger partial charge is 0.289 e. The number of piperidine rings is 1. The number of allylic oxidation sites excluding steroid dienone is 2. The van der Waals surface area contributed by atoms with E-state index in [9.17, 15) is 35.2 Å². The Morgan fingerprint density at radius 1 is 1.15 bits per heavy atom. The predicted octanol–water partition coefficient (Wildman–Crippen LogP) is 3.74. The molecule has 0 aromatic carbocycles. The molecule has 0 spiro atoms. The molecule has 1 aromatic heterocycles. The summed E-state index contributed by atoms with van der Waals surface area (Å²) in [5.41, 5.74) is 2.29. The molecule has 0 atom stereocenters. The molecular formula is C20H25ClF5N3O4S. The van der Waals surface area contributed by atoms with E-state index in [0.717, 1.165) is 0 Å². The van der Waals surface area contributed by atoms with Gasteiger partial charge < -0.3 is 0 Å². The third-order valence-corrected chi connectivity index (χ3v) is 8.82. The van der Waals surface area contributed by atoms with Crippen molar-refractivity contribution in [3.63, 3.8) is 0 Å². The molecule has 0 saturated carbocycles. The van der Waals surface area contributed by atoms with Crippen LogP contribution in [-0.4, -0.2) is 58.8 Å². The number of carbonyl (C=O) groups excluding carboxylic acids is 1. The third kappa shape index (κ3) is 5.37. The van der Waals surface area contributed by atoms with E-state index >= 15 is 0 Å². The molecule has 192 valence electrons. The van der Waals surface area contributed by atoms with E-state index in [-0.39, 0.29) is 49.8 Å². The van der Waals surface area contributed by atoms with Gasteiger partial charge in [-0.3, -0.25) is 15.0 Å². The highest BCUT2D eigenvalue weighted by molar-refractivity contribution is 7.91. The van der Waals surface area contributed by atoms with Crippen LogP contribution in [0, 0.1) is 0 Å². The van der Waals surface area contributed by atoms with Gasteiger partial charge in [0.1, 0.15) is 0 Å². The van der Waals surface area contributed by atoms with Gasteiger partial charge in [0.2, 0.25) is 10.0 Å². The van der Waals surface area contributed by atoms with Gasteiger partial charge in [0.15, 0.2) is 4.75 Å². The minimum atomic E-state index is -5.60. The number of aromatic nitrogens is 1. The number of sulfonamides is 1. The quantitative estimate of drug-likeness (QED) is 0.241. The molecule has 2 aliphatic rings. The Morgan fingerprint density at radius 2 is 1.74 bits per heavy atom. The Labute approximate surface area is 199 Å². The zero-order chi connectivity index (χ0) is 24.5. The van der Waals surface area contributed by atoms with Crippen molar-refractivity contribution in [2.24, 2.45) is 0 Å². The standard InChI is InChI=1S/C20H24F5N3O4S.ClH/c21-19(22,20(23,24)25)10-5-14-3-4-16(26-13-14)15-6-11-28(12-7-15)33(31,32)18(17(29)27-30)8-1-2-9-18;/h1-4,13,15,30H,5-12H2,(H,27,29);1H. The van der Waals surface area contributed by atoms with Crippen LogP contribution < -0.4 is 5.48 Å². The van der Waals surface area contributed by atoms with Gasteiger partial charge in [-0.05, 0) is 43.7 Å². The monoisotopic (exact) mass is 533 g/mol. The first-order valence-corrected chi connectivity index (χ1v) is 11.8. The molecule has 7 nitrogen and oxygen atoms in total. The van der Waals surface area contributed by atoms with Crippen LogP contribution in [0.2, 0.25) is 0 Å². The number of hydrogen-bond donors (Lipinski definition) is 2. The lowest BCUT2D eigenvalue weighted by atomic mass is 9.93. The number of nitrogens with zero attached hydrogens (tertiary/aromatic N) is 2. The van der Waals surface area contributed by atoms with Gasteiger partial charge in [-0.2, -0.15) is 22.0 Å². The summed E-state index contributed by atoms with van der Waals surface area (Å²) < 4.78 is 88.9. The van der Waals surface area contributed by atoms with Gasteiger partial charge in [-0.25, -0.2) is 18.2 Å². The molecule has 34 heavy (non-hydrogen) atoms. The predicted molar refractivity (Wildman–Crippen MR) is 114 cm³/mol. The van der Waals surface area contributed by atoms with E-state index in [1.807, 2.05) is 0 Å². The summed E-state index contributed by atoms with van der Waals surface area (Å²) >= 11 is 0. The van der Waals surface area contributed by atoms with Gasteiger partial charge in [0, 0.05) is 37.3 Å². The fraction of sp³-hybridized carbons (Fsp3) is 0.600. The SMILES string of the molecule is Cl.O=C(NO)C1(S(=O)(=O)N2CCC(c3ccc(CCC(F)(F)C(F)(F)F)cn3)CC2)CC=CC1. The molecule has 1 aliphatic heterocycles. The summed E-state index contributed by atoms with van der Waals surface area (Å²) in [4.78, 5) is 16.4. The number of aryl methyl sites for hydroxylation is 1. The Kier molecular flexibility index (Phi) is 8.71. The molecule has 1 saturated heterocycles. The first-order chi connectivity index (χ1) is 15.3. The van der Waals surface area contributed by atoms with Crippen molar-refractivity contribution in [1.82, 2.24) is 14.8 Å². The van der Waals surface area contributed by atoms with Crippen LogP contribution in [0.5, 0.6) is 0 Å². The average Bonchev–Trinajstić information content (AvgIpc) is 3.29. The molecule has 3 rings (SSSR count). The number of pyridine rings is 1. The third-order valence-electron chi connectivity index (χ3n) is 6.27. The van der Waals surface area contributed by atoms with Crippen LogP contribution in [0.15, 0.2) is 30.5 Å². The lowest BCUT2D eigenvalue weighted by molar-refractivity contribution is -0.284. The summed E-state index contributed by atoms with van der Waals surface area (Å²) in [5.74, 6) is -5.89. The second-order valence-electron chi connectivity index (χ2n) is 8.29. The fourth-order valence-corrected chi connectivity index (χ4v) is 6.23. The zero-order valence-electron chi connectivity index (χ0n) is 17.9. The average molecular weight is 534 g/mol. The number of amides is 1. The molecule has 0 bridgehead atoms. The highest BCUT2D eigenvalue weighted by atomic mass is 35.5. The number of carbonyl (C=O) groups is 1. The molecule has 14 heteroatoms. The number of rotatable bonds is 7. The van der Waals surface area contributed by atoms with Crippen LogP contribution in [0.1, 0.15) is 49.3 Å². The molecule has 1 aromatic rings. The number of hydroxylamine groups is 1. The normalized spacial score (nSPS) is 19.6. The molecule has 1 fully saturated rings. The molecule has 0 radical (unpaired) electrons. The summed E-state index contributed by atoms with van der Waals surface area (Å²) in [6, 6.07) is 3.00. The molecule has 0 unspecified atom stereocenters. The number of halogens is 6. The maximum Gasteiger partial charge on any atom is 0.453 e. The Balaban J connectivity index is 0.00000408. The van der Waals surface area contributed by atoms with Crippen molar-refractivity contribution in [3.8, 4) is 0 Å².